The van der Waals surface area contributed by atoms with Crippen LogP contribution >= 0.6 is 0 Å². The Balaban J connectivity index is 1.84. The van der Waals surface area contributed by atoms with Gasteiger partial charge in [0.25, 0.3) is 5.56 Å². The van der Waals surface area contributed by atoms with E-state index >= 15 is 0 Å². The molecule has 3 aromatic carbocycles. The summed E-state index contributed by atoms with van der Waals surface area (Å²) in [5, 5.41) is 0.478. The summed E-state index contributed by atoms with van der Waals surface area (Å²) in [4.78, 5) is 26.8. The molecular weight excluding hydrogens is 454 g/mol. The van der Waals surface area contributed by atoms with Crippen molar-refractivity contribution in [2.24, 2.45) is 14.1 Å². The third kappa shape index (κ3) is 3.05. The second-order valence-corrected chi connectivity index (χ2v) is 9.11. The van der Waals surface area contributed by atoms with Crippen molar-refractivity contribution in [1.82, 2.24) is 13.7 Å². The van der Waals surface area contributed by atoms with Crippen LogP contribution in [0.5, 0.6) is 11.5 Å². The molecule has 0 bridgehead atoms. The minimum Gasteiger partial charge on any atom is -0.497 e. The maximum absolute atomic E-state index is 13.7. The van der Waals surface area contributed by atoms with Crippen LogP contribution in [0.1, 0.15) is 22.9 Å². The highest BCUT2D eigenvalue weighted by Gasteiger charge is 2.36. The van der Waals surface area contributed by atoms with E-state index in [0.717, 1.165) is 33.8 Å². The first kappa shape index (κ1) is 22.0. The summed E-state index contributed by atoms with van der Waals surface area (Å²) in [7, 11) is 4.84. The minimum absolute atomic E-state index is 0.340. The maximum Gasteiger partial charge on any atom is 0.331 e. The zero-order chi connectivity index (χ0) is 25.1. The van der Waals surface area contributed by atoms with Crippen molar-refractivity contribution in [2.45, 2.75) is 13.0 Å². The molecule has 0 N–H and O–H groups in total. The van der Waals surface area contributed by atoms with Crippen LogP contribution in [0.25, 0.3) is 27.8 Å². The van der Waals surface area contributed by atoms with Gasteiger partial charge in [-0.05, 0) is 36.8 Å². The number of rotatable bonds is 3. The van der Waals surface area contributed by atoms with E-state index in [0.29, 0.717) is 22.4 Å². The van der Waals surface area contributed by atoms with Crippen LogP contribution in [-0.4, -0.2) is 20.8 Å². The number of aryl methyl sites for hydroxylation is 2. The van der Waals surface area contributed by atoms with E-state index in [2.05, 4.69) is 4.57 Å². The van der Waals surface area contributed by atoms with Gasteiger partial charge in [0.05, 0.1) is 35.1 Å². The Bertz CT molecular complexity index is 1770. The van der Waals surface area contributed by atoms with E-state index in [1.54, 1.807) is 18.7 Å². The van der Waals surface area contributed by atoms with Gasteiger partial charge in [-0.3, -0.25) is 13.9 Å². The molecule has 2 aromatic heterocycles. The number of hydrogen-bond donors (Lipinski definition) is 0. The molecule has 0 aliphatic carbocycles. The normalized spacial score (nSPS) is 14.3. The van der Waals surface area contributed by atoms with Crippen molar-refractivity contribution < 1.29 is 9.47 Å². The second-order valence-electron chi connectivity index (χ2n) is 9.11. The molecule has 6 rings (SSSR count). The van der Waals surface area contributed by atoms with Crippen molar-refractivity contribution in [3.8, 4) is 28.4 Å². The molecule has 0 fully saturated rings. The van der Waals surface area contributed by atoms with Gasteiger partial charge in [-0.15, -0.1) is 0 Å². The molecule has 5 aromatic rings. The fourth-order valence-corrected chi connectivity index (χ4v) is 5.13. The Morgan fingerprint density at radius 2 is 1.64 bits per heavy atom. The molecule has 36 heavy (non-hydrogen) atoms. The number of ether oxygens (including phenoxy) is 2. The van der Waals surface area contributed by atoms with Crippen molar-refractivity contribution in [1.29, 1.82) is 0 Å². The SMILES string of the molecule is COc1cccc([C@H]2Oc3ccccc3-n3c(-c4ccc(C)cc4)c4c(=O)n(C)c(=O)n(C)c4c32)c1. The molecule has 1 aliphatic rings. The van der Waals surface area contributed by atoms with Gasteiger partial charge in [0, 0.05) is 19.7 Å². The zero-order valence-electron chi connectivity index (χ0n) is 20.5. The summed E-state index contributed by atoms with van der Waals surface area (Å²) < 4.78 is 16.9. The molecular formula is C29H25N3O4. The van der Waals surface area contributed by atoms with Gasteiger partial charge < -0.3 is 14.0 Å². The Labute approximate surface area is 207 Å². The van der Waals surface area contributed by atoms with Crippen LogP contribution in [0.2, 0.25) is 0 Å². The van der Waals surface area contributed by atoms with E-state index in [4.69, 9.17) is 9.47 Å². The number of benzene rings is 3. The van der Waals surface area contributed by atoms with Crippen LogP contribution in [0.15, 0.2) is 82.4 Å². The van der Waals surface area contributed by atoms with Crippen molar-refractivity contribution >= 4 is 10.9 Å². The van der Waals surface area contributed by atoms with E-state index in [1.807, 2.05) is 79.7 Å². The average Bonchev–Trinajstić information content (AvgIpc) is 3.27. The van der Waals surface area contributed by atoms with Gasteiger partial charge in [-0.25, -0.2) is 4.79 Å². The lowest BCUT2D eigenvalue weighted by molar-refractivity contribution is 0.228. The average molecular weight is 480 g/mol. The molecule has 0 unspecified atom stereocenters. The lowest BCUT2D eigenvalue weighted by Gasteiger charge is -2.30. The first-order valence-corrected chi connectivity index (χ1v) is 11.7. The number of hydrogen-bond acceptors (Lipinski definition) is 4. The zero-order valence-corrected chi connectivity index (χ0v) is 20.5. The van der Waals surface area contributed by atoms with E-state index in [9.17, 15) is 9.59 Å². The molecule has 1 aliphatic heterocycles. The Hall–Kier alpha value is -4.52. The Morgan fingerprint density at radius 3 is 2.39 bits per heavy atom. The van der Waals surface area contributed by atoms with E-state index in [1.165, 1.54) is 11.6 Å². The fraction of sp³-hybridized carbons (Fsp3) is 0.172. The van der Waals surface area contributed by atoms with Crippen LogP contribution in [-0.2, 0) is 14.1 Å². The van der Waals surface area contributed by atoms with Crippen LogP contribution in [0.4, 0.5) is 0 Å². The van der Waals surface area contributed by atoms with Gasteiger partial charge >= 0.3 is 5.69 Å². The number of fused-ring (bicyclic) bond motifs is 5. The first-order valence-electron chi connectivity index (χ1n) is 11.7. The summed E-state index contributed by atoms with van der Waals surface area (Å²) in [5.41, 5.74) is 4.96. The fourth-order valence-electron chi connectivity index (χ4n) is 5.13. The Kier molecular flexibility index (Phi) is 4.89. The number of aromatic nitrogens is 3. The predicted molar refractivity (Wildman–Crippen MR) is 139 cm³/mol. The Morgan fingerprint density at radius 1 is 0.889 bits per heavy atom. The third-order valence-electron chi connectivity index (χ3n) is 6.93. The molecule has 3 heterocycles. The predicted octanol–water partition coefficient (Wildman–Crippen LogP) is 4.49. The first-order chi connectivity index (χ1) is 17.4. The molecule has 180 valence electrons. The third-order valence-corrected chi connectivity index (χ3v) is 6.93. The topological polar surface area (TPSA) is 67.4 Å². The number of nitrogens with zero attached hydrogens (tertiary/aromatic N) is 3. The van der Waals surface area contributed by atoms with E-state index in [-0.39, 0.29) is 11.2 Å². The van der Waals surface area contributed by atoms with Gasteiger partial charge in [0.1, 0.15) is 11.5 Å². The lowest BCUT2D eigenvalue weighted by atomic mass is 10.0. The standard InChI is InChI=1S/C29H25N3O4/c1-17-12-14-18(15-13-17)24-23-25(30(2)29(34)31(3)28(23)33)26-27(19-8-7-9-20(16-19)35-4)36-22-11-6-5-10-21(22)32(24)26/h5-16,27H,1-4H3/t27-/m1/s1. The largest absolute Gasteiger partial charge is 0.497 e. The monoisotopic (exact) mass is 479 g/mol. The molecule has 0 amide bonds. The van der Waals surface area contributed by atoms with Crippen molar-refractivity contribution in [3.63, 3.8) is 0 Å². The van der Waals surface area contributed by atoms with Crippen molar-refractivity contribution in [3.05, 3.63) is 110 Å². The smallest absolute Gasteiger partial charge is 0.331 e. The van der Waals surface area contributed by atoms with Gasteiger partial charge in [-0.1, -0.05) is 54.1 Å². The summed E-state index contributed by atoms with van der Waals surface area (Å²) >= 11 is 0. The van der Waals surface area contributed by atoms with E-state index < -0.39 is 6.10 Å². The maximum atomic E-state index is 13.7. The minimum atomic E-state index is -0.575. The van der Waals surface area contributed by atoms with Crippen molar-refractivity contribution in [2.75, 3.05) is 7.11 Å². The van der Waals surface area contributed by atoms with Crippen LogP contribution in [0.3, 0.4) is 0 Å². The molecule has 0 saturated heterocycles. The quantitative estimate of drug-likeness (QED) is 0.382. The molecule has 0 radical (unpaired) electrons. The summed E-state index contributed by atoms with van der Waals surface area (Å²) in [6.07, 6.45) is -0.575. The molecule has 0 saturated carbocycles. The van der Waals surface area contributed by atoms with Gasteiger partial charge in [-0.2, -0.15) is 0 Å². The summed E-state index contributed by atoms with van der Waals surface area (Å²) in [5.74, 6) is 1.38. The molecule has 7 heteroatoms. The van der Waals surface area contributed by atoms with Gasteiger partial charge in [0.2, 0.25) is 0 Å². The number of para-hydroxylation sites is 2. The van der Waals surface area contributed by atoms with Crippen LogP contribution < -0.4 is 20.7 Å². The highest BCUT2D eigenvalue weighted by atomic mass is 16.5. The second kappa shape index (κ2) is 8.02. The highest BCUT2D eigenvalue weighted by Crippen LogP contribution is 2.46. The number of methoxy groups -OCH3 is 1. The summed E-state index contributed by atoms with van der Waals surface area (Å²) in [6.45, 7) is 2.03. The van der Waals surface area contributed by atoms with Gasteiger partial charge in [0.15, 0.2) is 6.10 Å². The van der Waals surface area contributed by atoms with Crippen LogP contribution in [0, 0.1) is 6.92 Å². The summed E-state index contributed by atoms with van der Waals surface area (Å²) in [6, 6.07) is 23.5. The molecule has 7 nitrogen and oxygen atoms in total. The molecule has 1 atom stereocenters. The molecule has 0 spiro atoms. The lowest BCUT2D eigenvalue weighted by Crippen LogP contribution is -2.37. The highest BCUT2D eigenvalue weighted by molar-refractivity contribution is 5.98.